The van der Waals surface area contributed by atoms with Crippen molar-refractivity contribution in [3.63, 3.8) is 0 Å². The van der Waals surface area contributed by atoms with Gasteiger partial charge in [0.25, 0.3) is 0 Å². The lowest BCUT2D eigenvalue weighted by Crippen LogP contribution is -2.10. The molecule has 0 bridgehead atoms. The Morgan fingerprint density at radius 1 is 0.714 bits per heavy atom. The standard InChI is InChI=1S/C39H31N3/c1-25-36-34-17-9-10-18-35(34)42(39(36)33-16-8-7-15-32(33)38(25)41-28-12-3-2-4-13-28)29-22-19-27(20-23-29)37(40)31-24-21-26-11-5-6-14-30(26)31/h2-20,22-23,31,40-41H,21,24H2,1H3. The second-order valence-electron chi connectivity index (χ2n) is 11.4. The molecule has 0 saturated heterocycles. The van der Waals surface area contributed by atoms with E-state index in [1.54, 1.807) is 0 Å². The van der Waals surface area contributed by atoms with Gasteiger partial charge in [0.15, 0.2) is 0 Å². The first-order valence-electron chi connectivity index (χ1n) is 14.7. The van der Waals surface area contributed by atoms with E-state index in [2.05, 4.69) is 138 Å². The summed E-state index contributed by atoms with van der Waals surface area (Å²) in [7, 11) is 0. The van der Waals surface area contributed by atoms with Gasteiger partial charge >= 0.3 is 0 Å². The average Bonchev–Trinajstić information content (AvgIpc) is 3.63. The smallest absolute Gasteiger partial charge is 0.0623 e. The van der Waals surface area contributed by atoms with Crippen molar-refractivity contribution in [1.82, 2.24) is 4.57 Å². The lowest BCUT2D eigenvalue weighted by atomic mass is 9.91. The van der Waals surface area contributed by atoms with Crippen molar-refractivity contribution in [3.8, 4) is 5.69 Å². The Kier molecular flexibility index (Phi) is 5.71. The first-order valence-corrected chi connectivity index (χ1v) is 14.7. The summed E-state index contributed by atoms with van der Waals surface area (Å²) in [5.41, 5.74) is 11.4. The number of nitrogens with zero attached hydrogens (tertiary/aromatic N) is 1. The van der Waals surface area contributed by atoms with Crippen LogP contribution in [-0.4, -0.2) is 10.3 Å². The van der Waals surface area contributed by atoms with Crippen LogP contribution in [0.4, 0.5) is 11.4 Å². The summed E-state index contributed by atoms with van der Waals surface area (Å²) in [5, 5.41) is 17.8. The van der Waals surface area contributed by atoms with Crippen molar-refractivity contribution in [2.75, 3.05) is 5.32 Å². The minimum atomic E-state index is 0.169. The summed E-state index contributed by atoms with van der Waals surface area (Å²) in [5.74, 6) is 0.169. The molecule has 1 aromatic heterocycles. The first kappa shape index (κ1) is 24.6. The lowest BCUT2D eigenvalue weighted by molar-refractivity contribution is 0.844. The van der Waals surface area contributed by atoms with Crippen LogP contribution in [0.25, 0.3) is 38.3 Å². The minimum Gasteiger partial charge on any atom is -0.355 e. The molecule has 0 saturated carbocycles. The van der Waals surface area contributed by atoms with Crippen LogP contribution >= 0.6 is 0 Å². The molecule has 0 aliphatic heterocycles. The highest BCUT2D eigenvalue weighted by atomic mass is 15.0. The molecule has 7 aromatic rings. The number of para-hydroxylation sites is 2. The molecule has 8 rings (SSSR count). The van der Waals surface area contributed by atoms with Gasteiger partial charge in [-0.1, -0.05) is 97.1 Å². The van der Waals surface area contributed by atoms with E-state index in [4.69, 9.17) is 5.41 Å². The molecule has 1 aliphatic rings. The van der Waals surface area contributed by atoms with Gasteiger partial charge in [-0.3, -0.25) is 0 Å². The van der Waals surface area contributed by atoms with Gasteiger partial charge in [0.05, 0.1) is 16.7 Å². The number of benzene rings is 6. The topological polar surface area (TPSA) is 40.8 Å². The maximum absolute atomic E-state index is 9.10. The number of nitrogens with one attached hydrogen (secondary N) is 2. The van der Waals surface area contributed by atoms with Gasteiger partial charge in [0.1, 0.15) is 0 Å². The second kappa shape index (κ2) is 9.74. The van der Waals surface area contributed by atoms with Crippen molar-refractivity contribution in [1.29, 1.82) is 5.41 Å². The van der Waals surface area contributed by atoms with Gasteiger partial charge in [-0.25, -0.2) is 0 Å². The Labute approximate surface area is 245 Å². The Balaban J connectivity index is 1.30. The molecule has 3 heteroatoms. The van der Waals surface area contributed by atoms with Crippen LogP contribution in [0, 0.1) is 12.3 Å². The molecule has 1 atom stereocenters. The van der Waals surface area contributed by atoms with E-state index in [0.717, 1.165) is 35.5 Å². The third-order valence-corrected chi connectivity index (χ3v) is 9.04. The SMILES string of the molecule is Cc1c(Nc2ccccc2)c2ccccc2c2c1c1ccccc1n2-c1ccc(C(=N)C2CCc3ccccc32)cc1. The van der Waals surface area contributed by atoms with Gasteiger partial charge in [0, 0.05) is 44.5 Å². The third kappa shape index (κ3) is 3.77. The number of hydrogen-bond acceptors (Lipinski definition) is 2. The summed E-state index contributed by atoms with van der Waals surface area (Å²) < 4.78 is 2.41. The number of fused-ring (bicyclic) bond motifs is 6. The maximum Gasteiger partial charge on any atom is 0.0623 e. The molecule has 0 fully saturated rings. The highest BCUT2D eigenvalue weighted by molar-refractivity contribution is 6.23. The largest absolute Gasteiger partial charge is 0.355 e. The van der Waals surface area contributed by atoms with Crippen LogP contribution in [0.3, 0.4) is 0 Å². The Bertz CT molecular complexity index is 2140. The summed E-state index contributed by atoms with van der Waals surface area (Å²) in [6.45, 7) is 2.24. The van der Waals surface area contributed by atoms with Gasteiger partial charge in [-0.15, -0.1) is 0 Å². The minimum absolute atomic E-state index is 0.169. The quantitative estimate of drug-likeness (QED) is 0.209. The van der Waals surface area contributed by atoms with Gasteiger partial charge < -0.3 is 15.3 Å². The Morgan fingerprint density at radius 3 is 2.19 bits per heavy atom. The fraction of sp³-hybridized carbons (Fsp3) is 0.103. The fourth-order valence-corrected chi connectivity index (χ4v) is 7.05. The van der Waals surface area contributed by atoms with E-state index < -0.39 is 0 Å². The molecule has 1 heterocycles. The van der Waals surface area contributed by atoms with E-state index in [0.29, 0.717) is 5.71 Å². The van der Waals surface area contributed by atoms with Crippen LogP contribution in [0.15, 0.2) is 127 Å². The first-order chi connectivity index (χ1) is 20.7. The molecule has 202 valence electrons. The molecule has 3 nitrogen and oxygen atoms in total. The van der Waals surface area contributed by atoms with Crippen molar-refractivity contribution >= 4 is 49.7 Å². The van der Waals surface area contributed by atoms with Crippen LogP contribution in [0.5, 0.6) is 0 Å². The van der Waals surface area contributed by atoms with E-state index in [-0.39, 0.29) is 5.92 Å². The van der Waals surface area contributed by atoms with Gasteiger partial charge in [0.2, 0.25) is 0 Å². The molecule has 1 aliphatic carbocycles. The summed E-state index contributed by atoms with van der Waals surface area (Å²) in [4.78, 5) is 0. The van der Waals surface area contributed by atoms with Crippen LogP contribution in [-0.2, 0) is 6.42 Å². The van der Waals surface area contributed by atoms with Crippen molar-refractivity contribution < 1.29 is 0 Å². The number of aryl methyl sites for hydroxylation is 2. The second-order valence-corrected chi connectivity index (χ2v) is 11.4. The number of hydrogen-bond donors (Lipinski definition) is 2. The molecule has 1 unspecified atom stereocenters. The molecule has 0 radical (unpaired) electrons. The zero-order valence-corrected chi connectivity index (χ0v) is 23.6. The normalized spacial score (nSPS) is 14.5. The monoisotopic (exact) mass is 541 g/mol. The molecular formula is C39H31N3. The summed E-state index contributed by atoms with van der Waals surface area (Å²) in [6, 6.07) is 45.1. The lowest BCUT2D eigenvalue weighted by Gasteiger charge is -2.17. The van der Waals surface area contributed by atoms with Crippen LogP contribution < -0.4 is 5.32 Å². The molecular weight excluding hydrogens is 510 g/mol. The van der Waals surface area contributed by atoms with Crippen LogP contribution in [0.2, 0.25) is 0 Å². The van der Waals surface area contributed by atoms with Crippen molar-refractivity contribution in [2.45, 2.75) is 25.7 Å². The molecule has 0 spiro atoms. The fourth-order valence-electron chi connectivity index (χ4n) is 7.05. The highest BCUT2D eigenvalue weighted by Crippen LogP contribution is 2.44. The van der Waals surface area contributed by atoms with Crippen molar-refractivity contribution in [3.05, 3.63) is 150 Å². The zero-order chi connectivity index (χ0) is 28.2. The predicted octanol–water partition coefficient (Wildman–Crippen LogP) is 10.1. The van der Waals surface area contributed by atoms with Crippen molar-refractivity contribution in [2.24, 2.45) is 0 Å². The maximum atomic E-state index is 9.10. The Hall–Kier alpha value is -5.15. The highest BCUT2D eigenvalue weighted by Gasteiger charge is 2.26. The molecule has 2 N–H and O–H groups in total. The molecule has 0 amide bonds. The molecule has 6 aromatic carbocycles. The van der Waals surface area contributed by atoms with E-state index >= 15 is 0 Å². The number of aromatic nitrogens is 1. The van der Waals surface area contributed by atoms with E-state index in [1.165, 1.54) is 49.3 Å². The summed E-state index contributed by atoms with van der Waals surface area (Å²) in [6.07, 6.45) is 2.06. The van der Waals surface area contributed by atoms with E-state index in [1.807, 2.05) is 6.07 Å². The van der Waals surface area contributed by atoms with Gasteiger partial charge in [-0.05, 0) is 72.4 Å². The van der Waals surface area contributed by atoms with E-state index in [9.17, 15) is 0 Å². The third-order valence-electron chi connectivity index (χ3n) is 9.04. The number of anilines is 2. The van der Waals surface area contributed by atoms with Gasteiger partial charge in [-0.2, -0.15) is 0 Å². The zero-order valence-electron chi connectivity index (χ0n) is 23.6. The summed E-state index contributed by atoms with van der Waals surface area (Å²) >= 11 is 0. The average molecular weight is 542 g/mol. The number of rotatable bonds is 5. The Morgan fingerprint density at radius 2 is 1.38 bits per heavy atom. The predicted molar refractivity (Wildman–Crippen MR) is 177 cm³/mol. The van der Waals surface area contributed by atoms with Crippen LogP contribution in [0.1, 0.15) is 34.6 Å². The molecule has 42 heavy (non-hydrogen) atoms.